The summed E-state index contributed by atoms with van der Waals surface area (Å²) in [5, 5.41) is 8.57. The van der Waals surface area contributed by atoms with E-state index in [-0.39, 0.29) is 0 Å². The van der Waals surface area contributed by atoms with Crippen LogP contribution in [0.4, 0.5) is 0 Å². The van der Waals surface area contributed by atoms with Crippen molar-refractivity contribution in [2.75, 3.05) is 5.75 Å². The highest BCUT2D eigenvalue weighted by Gasteiger charge is 2.10. The molecule has 1 rings (SSSR count). The summed E-state index contributed by atoms with van der Waals surface area (Å²) in [6.07, 6.45) is 0. The van der Waals surface area contributed by atoms with Crippen molar-refractivity contribution < 1.29 is 9.90 Å². The van der Waals surface area contributed by atoms with Crippen molar-refractivity contribution in [1.29, 1.82) is 0 Å². The molecule has 4 heteroatoms. The van der Waals surface area contributed by atoms with Crippen LogP contribution in [0, 0.1) is 6.92 Å². The fourth-order valence-electron chi connectivity index (χ4n) is 0.892. The second kappa shape index (κ2) is 5.02. The van der Waals surface area contributed by atoms with E-state index in [1.54, 1.807) is 0 Å². The van der Waals surface area contributed by atoms with Gasteiger partial charge in [-0.3, -0.25) is 4.79 Å². The normalized spacial score (nSPS) is 12.4. The van der Waals surface area contributed by atoms with Crippen LogP contribution in [0.5, 0.6) is 0 Å². The van der Waals surface area contributed by atoms with Crippen LogP contribution in [0.25, 0.3) is 0 Å². The molecule has 0 saturated carbocycles. The topological polar surface area (TPSA) is 63.3 Å². The van der Waals surface area contributed by atoms with Crippen LogP contribution in [-0.4, -0.2) is 22.9 Å². The zero-order chi connectivity index (χ0) is 10.6. The average Bonchev–Trinajstić information content (AvgIpc) is 2.16. The Kier molecular flexibility index (Phi) is 3.98. The molecule has 0 radical (unpaired) electrons. The fourth-order valence-corrected chi connectivity index (χ4v) is 1.73. The molecule has 0 aliphatic heterocycles. The summed E-state index contributed by atoms with van der Waals surface area (Å²) in [6, 6.07) is 7.13. The molecule has 1 unspecified atom stereocenters. The van der Waals surface area contributed by atoms with Gasteiger partial charge in [-0.15, -0.1) is 11.8 Å². The molecule has 0 amide bonds. The van der Waals surface area contributed by atoms with Gasteiger partial charge in [0.15, 0.2) is 0 Å². The Morgan fingerprint density at radius 1 is 1.50 bits per heavy atom. The number of carboxylic acids is 1. The van der Waals surface area contributed by atoms with Gasteiger partial charge in [-0.2, -0.15) is 0 Å². The first-order valence-electron chi connectivity index (χ1n) is 4.27. The lowest BCUT2D eigenvalue weighted by Crippen LogP contribution is -2.32. The number of thioether (sulfide) groups is 1. The smallest absolute Gasteiger partial charge is 0.321 e. The molecule has 0 aliphatic rings. The highest BCUT2D eigenvalue weighted by molar-refractivity contribution is 7.99. The van der Waals surface area contributed by atoms with Crippen LogP contribution >= 0.6 is 11.8 Å². The van der Waals surface area contributed by atoms with E-state index in [2.05, 4.69) is 0 Å². The summed E-state index contributed by atoms with van der Waals surface area (Å²) in [6.45, 7) is 2.01. The van der Waals surface area contributed by atoms with E-state index in [1.807, 2.05) is 31.2 Å². The minimum atomic E-state index is -0.954. The Hall–Kier alpha value is -1.00. The molecule has 0 spiro atoms. The average molecular weight is 211 g/mol. The Labute approximate surface area is 87.3 Å². The maximum Gasteiger partial charge on any atom is 0.321 e. The van der Waals surface area contributed by atoms with Crippen LogP contribution < -0.4 is 5.73 Å². The zero-order valence-corrected chi connectivity index (χ0v) is 8.75. The van der Waals surface area contributed by atoms with Gasteiger partial charge in [0, 0.05) is 10.6 Å². The highest BCUT2D eigenvalue weighted by atomic mass is 32.2. The van der Waals surface area contributed by atoms with Crippen molar-refractivity contribution in [1.82, 2.24) is 0 Å². The number of hydrogen-bond acceptors (Lipinski definition) is 3. The van der Waals surface area contributed by atoms with E-state index in [9.17, 15) is 4.79 Å². The number of benzene rings is 1. The molecular weight excluding hydrogens is 198 g/mol. The van der Waals surface area contributed by atoms with Gasteiger partial charge in [0.25, 0.3) is 0 Å². The van der Waals surface area contributed by atoms with Crippen LogP contribution in [-0.2, 0) is 4.79 Å². The SMILES string of the molecule is Cc1ccc(SCC(N)C(=O)O)cc1. The van der Waals surface area contributed by atoms with Gasteiger partial charge in [0.05, 0.1) is 0 Å². The van der Waals surface area contributed by atoms with Gasteiger partial charge in [0.1, 0.15) is 6.04 Å². The molecule has 0 aliphatic carbocycles. The summed E-state index contributed by atoms with van der Waals surface area (Å²) in [4.78, 5) is 11.5. The van der Waals surface area contributed by atoms with Crippen molar-refractivity contribution in [2.24, 2.45) is 5.73 Å². The molecule has 0 heterocycles. The Bertz CT molecular complexity index is 310. The van der Waals surface area contributed by atoms with Crippen molar-refractivity contribution in [3.8, 4) is 0 Å². The maximum absolute atomic E-state index is 10.4. The number of carboxylic acid groups (broad SMARTS) is 1. The summed E-state index contributed by atoms with van der Waals surface area (Å²) in [5.41, 5.74) is 6.57. The van der Waals surface area contributed by atoms with Gasteiger partial charge in [-0.05, 0) is 19.1 Å². The molecule has 0 bridgehead atoms. The van der Waals surface area contributed by atoms with Gasteiger partial charge in [-0.25, -0.2) is 0 Å². The van der Waals surface area contributed by atoms with Gasteiger partial charge < -0.3 is 10.8 Å². The number of aliphatic carboxylic acids is 1. The third-order valence-corrected chi connectivity index (χ3v) is 2.90. The Balaban J connectivity index is 2.46. The van der Waals surface area contributed by atoms with Crippen molar-refractivity contribution >= 4 is 17.7 Å². The van der Waals surface area contributed by atoms with E-state index < -0.39 is 12.0 Å². The van der Waals surface area contributed by atoms with E-state index in [1.165, 1.54) is 17.3 Å². The number of hydrogen-bond donors (Lipinski definition) is 2. The number of rotatable bonds is 4. The molecule has 1 aromatic rings. The molecular formula is C10H13NO2S. The van der Waals surface area contributed by atoms with Crippen molar-refractivity contribution in [2.45, 2.75) is 17.9 Å². The number of aryl methyl sites for hydroxylation is 1. The van der Waals surface area contributed by atoms with Gasteiger partial charge >= 0.3 is 5.97 Å². The van der Waals surface area contributed by atoms with E-state index >= 15 is 0 Å². The Morgan fingerprint density at radius 2 is 2.07 bits per heavy atom. The fraction of sp³-hybridized carbons (Fsp3) is 0.300. The zero-order valence-electron chi connectivity index (χ0n) is 7.93. The second-order valence-corrected chi connectivity index (χ2v) is 4.16. The number of carbonyl (C=O) groups is 1. The van der Waals surface area contributed by atoms with Crippen molar-refractivity contribution in [3.63, 3.8) is 0 Å². The molecule has 14 heavy (non-hydrogen) atoms. The van der Waals surface area contributed by atoms with Crippen LogP contribution in [0.15, 0.2) is 29.2 Å². The monoisotopic (exact) mass is 211 g/mol. The first kappa shape index (κ1) is 11.1. The summed E-state index contributed by atoms with van der Waals surface area (Å²) < 4.78 is 0. The first-order chi connectivity index (χ1) is 6.59. The molecule has 3 N–H and O–H groups in total. The third-order valence-electron chi connectivity index (χ3n) is 1.77. The highest BCUT2D eigenvalue weighted by Crippen LogP contribution is 2.18. The third kappa shape index (κ3) is 3.40. The van der Waals surface area contributed by atoms with Crippen LogP contribution in [0.2, 0.25) is 0 Å². The molecule has 76 valence electrons. The van der Waals surface area contributed by atoms with Gasteiger partial charge in [-0.1, -0.05) is 17.7 Å². The van der Waals surface area contributed by atoms with Crippen molar-refractivity contribution in [3.05, 3.63) is 29.8 Å². The lowest BCUT2D eigenvalue weighted by atomic mass is 10.2. The first-order valence-corrected chi connectivity index (χ1v) is 5.26. The standard InChI is InChI=1S/C10H13NO2S/c1-7-2-4-8(5-3-7)14-6-9(11)10(12)13/h2-5,9H,6,11H2,1H3,(H,12,13). The molecule has 3 nitrogen and oxygen atoms in total. The largest absolute Gasteiger partial charge is 0.480 e. The lowest BCUT2D eigenvalue weighted by molar-refractivity contribution is -0.137. The molecule has 0 aromatic heterocycles. The molecule has 1 atom stereocenters. The molecule has 1 aromatic carbocycles. The molecule has 0 fully saturated rings. The molecule has 0 saturated heterocycles. The predicted octanol–water partition coefficient (Wildman–Crippen LogP) is 1.50. The van der Waals surface area contributed by atoms with E-state index in [0.29, 0.717) is 5.75 Å². The second-order valence-electron chi connectivity index (χ2n) is 3.07. The minimum Gasteiger partial charge on any atom is -0.480 e. The number of nitrogens with two attached hydrogens (primary N) is 1. The predicted molar refractivity (Wildman–Crippen MR) is 57.5 cm³/mol. The Morgan fingerprint density at radius 3 is 2.57 bits per heavy atom. The summed E-state index contributed by atoms with van der Waals surface area (Å²) >= 11 is 1.46. The lowest BCUT2D eigenvalue weighted by Gasteiger charge is -2.05. The minimum absolute atomic E-state index is 0.401. The quantitative estimate of drug-likeness (QED) is 0.741. The summed E-state index contributed by atoms with van der Waals surface area (Å²) in [5.74, 6) is -0.553. The van der Waals surface area contributed by atoms with E-state index in [4.69, 9.17) is 10.8 Å². The van der Waals surface area contributed by atoms with Crippen LogP contribution in [0.3, 0.4) is 0 Å². The summed E-state index contributed by atoms with van der Waals surface area (Å²) in [7, 11) is 0. The maximum atomic E-state index is 10.4. The van der Waals surface area contributed by atoms with Crippen LogP contribution in [0.1, 0.15) is 5.56 Å². The van der Waals surface area contributed by atoms with E-state index in [0.717, 1.165) is 4.90 Å². The van der Waals surface area contributed by atoms with Gasteiger partial charge in [0.2, 0.25) is 0 Å².